The van der Waals surface area contributed by atoms with Gasteiger partial charge in [-0.25, -0.2) is 17.6 Å². The number of anilines is 1. The fraction of sp³-hybridized carbons (Fsp3) is 0.304. The van der Waals surface area contributed by atoms with Crippen LogP contribution in [0.4, 0.5) is 5.69 Å². The number of carbonyl (C=O) groups is 1. The van der Waals surface area contributed by atoms with Gasteiger partial charge in [-0.15, -0.1) is 0 Å². The summed E-state index contributed by atoms with van der Waals surface area (Å²) in [6, 6.07) is 9.53. The quantitative estimate of drug-likeness (QED) is 0.403. The van der Waals surface area contributed by atoms with E-state index in [-0.39, 0.29) is 28.2 Å². The normalized spacial score (nSPS) is 16.3. The minimum atomic E-state index is -4.23. The molecule has 2 aliphatic carbocycles. The summed E-state index contributed by atoms with van der Waals surface area (Å²) in [5.41, 5.74) is 1.38. The molecule has 0 spiro atoms. The van der Waals surface area contributed by atoms with E-state index >= 15 is 0 Å². The minimum absolute atomic E-state index is 0.00801. The number of benzene rings is 2. The third-order valence-electron chi connectivity index (χ3n) is 5.94. The van der Waals surface area contributed by atoms with Gasteiger partial charge in [0.15, 0.2) is 0 Å². The van der Waals surface area contributed by atoms with E-state index in [0.29, 0.717) is 16.3 Å². The maximum absolute atomic E-state index is 13.5. The topological polar surface area (TPSA) is 106 Å². The van der Waals surface area contributed by atoms with Gasteiger partial charge in [0.2, 0.25) is 0 Å². The van der Waals surface area contributed by atoms with Crippen molar-refractivity contribution in [2.45, 2.75) is 49.0 Å². The number of aromatic nitrogens is 1. The highest BCUT2D eigenvalue weighted by Crippen LogP contribution is 2.43. The molecule has 10 heteroatoms. The van der Waals surface area contributed by atoms with Crippen molar-refractivity contribution in [2.75, 3.05) is 4.72 Å². The number of nitrogens with zero attached hydrogens (tertiary/aromatic N) is 1. The smallest absolute Gasteiger partial charge is 0.337 e. The van der Waals surface area contributed by atoms with Crippen LogP contribution in [0.1, 0.15) is 53.9 Å². The number of halogens is 1. The number of carboxylic acid groups (broad SMARTS) is 1. The van der Waals surface area contributed by atoms with Crippen LogP contribution >= 0.6 is 23.1 Å². The van der Waals surface area contributed by atoms with Crippen LogP contribution in [0.2, 0.25) is 5.02 Å². The number of carboxylic acids is 1. The van der Waals surface area contributed by atoms with Gasteiger partial charge in [-0.1, -0.05) is 17.7 Å². The molecule has 2 aromatic carbocycles. The van der Waals surface area contributed by atoms with Gasteiger partial charge in [0.25, 0.3) is 10.0 Å². The molecule has 0 atom stereocenters. The molecule has 0 saturated heterocycles. The lowest BCUT2D eigenvalue weighted by Gasteiger charge is -2.28. The molecule has 2 saturated carbocycles. The molecule has 2 N–H and O–H groups in total. The Morgan fingerprint density at radius 1 is 1.15 bits per heavy atom. The highest BCUT2D eigenvalue weighted by atomic mass is 35.5. The molecule has 1 heterocycles. The van der Waals surface area contributed by atoms with Crippen LogP contribution in [-0.4, -0.2) is 30.0 Å². The first-order chi connectivity index (χ1) is 15.8. The zero-order valence-corrected chi connectivity index (χ0v) is 19.8. The molecule has 0 amide bonds. The second-order valence-corrected chi connectivity index (χ2v) is 11.2. The molecule has 3 aromatic rings. The average Bonchev–Trinajstić information content (AvgIpc) is 3.46. The van der Waals surface area contributed by atoms with Crippen LogP contribution in [-0.2, 0) is 10.0 Å². The summed E-state index contributed by atoms with van der Waals surface area (Å²) in [5.74, 6) is -0.713. The van der Waals surface area contributed by atoms with Crippen LogP contribution in [0.3, 0.4) is 0 Å². The highest BCUT2D eigenvalue weighted by Gasteiger charge is 2.30. The van der Waals surface area contributed by atoms with Crippen molar-refractivity contribution in [2.24, 2.45) is 0 Å². The van der Waals surface area contributed by atoms with Crippen LogP contribution in [0.5, 0.6) is 5.75 Å². The average molecular weight is 505 g/mol. The molecule has 5 rings (SSSR count). The van der Waals surface area contributed by atoms with Crippen molar-refractivity contribution in [1.29, 1.82) is 0 Å². The summed E-state index contributed by atoms with van der Waals surface area (Å²) in [6.07, 6.45) is 6.38. The van der Waals surface area contributed by atoms with Gasteiger partial charge in [-0.2, -0.15) is 0 Å². The van der Waals surface area contributed by atoms with Gasteiger partial charge < -0.3 is 9.84 Å². The Bertz CT molecular complexity index is 1320. The number of aromatic carboxylic acids is 1. The SMILES string of the molecule is O=C(O)c1ccc(C2CC2)cc1S(=O)(=O)Nc1cc(-c2ccns2)c(Cl)cc1OC1CCC1. The maximum atomic E-state index is 13.5. The predicted molar refractivity (Wildman–Crippen MR) is 127 cm³/mol. The van der Waals surface area contributed by atoms with Crippen LogP contribution < -0.4 is 9.46 Å². The third-order valence-corrected chi connectivity index (χ3v) is 8.43. The van der Waals surface area contributed by atoms with E-state index in [2.05, 4.69) is 9.10 Å². The molecule has 33 heavy (non-hydrogen) atoms. The fourth-order valence-electron chi connectivity index (χ4n) is 3.75. The number of rotatable bonds is 8. The molecule has 0 aliphatic heterocycles. The molecular weight excluding hydrogens is 484 g/mol. The largest absolute Gasteiger partial charge is 0.488 e. The van der Waals surface area contributed by atoms with E-state index in [4.69, 9.17) is 16.3 Å². The molecule has 172 valence electrons. The molecule has 0 radical (unpaired) electrons. The fourth-order valence-corrected chi connectivity index (χ4v) is 5.98. The van der Waals surface area contributed by atoms with Crippen LogP contribution in [0.25, 0.3) is 10.4 Å². The van der Waals surface area contributed by atoms with Crippen LogP contribution in [0, 0.1) is 0 Å². The molecule has 1 aromatic heterocycles. The van der Waals surface area contributed by atoms with Crippen molar-refractivity contribution in [3.8, 4) is 16.2 Å². The number of ether oxygens (including phenoxy) is 1. The molecular formula is C23H21ClN2O5S2. The Morgan fingerprint density at radius 2 is 1.94 bits per heavy atom. The Hall–Kier alpha value is -2.62. The van der Waals surface area contributed by atoms with Crippen molar-refractivity contribution < 1.29 is 23.1 Å². The predicted octanol–water partition coefficient (Wildman–Crippen LogP) is 5.77. The zero-order chi connectivity index (χ0) is 23.2. The maximum Gasteiger partial charge on any atom is 0.337 e. The summed E-state index contributed by atoms with van der Waals surface area (Å²) in [5, 5.41) is 10.0. The monoisotopic (exact) mass is 504 g/mol. The number of hydrogen-bond donors (Lipinski definition) is 2. The third kappa shape index (κ3) is 4.58. The number of hydrogen-bond acceptors (Lipinski definition) is 6. The van der Waals surface area contributed by atoms with Crippen molar-refractivity contribution >= 4 is 44.8 Å². The van der Waals surface area contributed by atoms with Crippen molar-refractivity contribution in [3.05, 3.63) is 58.7 Å². The van der Waals surface area contributed by atoms with E-state index in [1.54, 1.807) is 30.5 Å². The first-order valence-corrected chi connectivity index (χ1v) is 13.3. The Labute approximate surface area is 200 Å². The summed E-state index contributed by atoms with van der Waals surface area (Å²) in [6.45, 7) is 0. The van der Waals surface area contributed by atoms with E-state index in [0.717, 1.165) is 42.5 Å². The Balaban J connectivity index is 1.58. The van der Waals surface area contributed by atoms with Gasteiger partial charge in [0.05, 0.1) is 27.3 Å². The summed E-state index contributed by atoms with van der Waals surface area (Å²) in [4.78, 5) is 12.3. The first kappa shape index (κ1) is 22.2. The Kier molecular flexibility index (Phi) is 5.80. The van der Waals surface area contributed by atoms with Gasteiger partial charge in [0.1, 0.15) is 10.6 Å². The van der Waals surface area contributed by atoms with Crippen molar-refractivity contribution in [3.63, 3.8) is 0 Å². The molecule has 2 fully saturated rings. The first-order valence-electron chi connectivity index (χ1n) is 10.6. The molecule has 7 nitrogen and oxygen atoms in total. The zero-order valence-electron chi connectivity index (χ0n) is 17.5. The standard InChI is InChI=1S/C23H21ClN2O5S2/c24-18-12-20(31-15-2-1-3-15)19(11-17(18)21-8-9-25-32-21)26-33(29,30)22-10-14(13-4-5-13)6-7-16(22)23(27)28/h6-13,15,26H,1-5H2,(H,27,28). The number of sulfonamides is 1. The minimum Gasteiger partial charge on any atom is -0.488 e. The molecule has 0 unspecified atom stereocenters. The van der Waals surface area contributed by atoms with E-state index in [1.807, 2.05) is 0 Å². The Morgan fingerprint density at radius 3 is 2.55 bits per heavy atom. The summed E-state index contributed by atoms with van der Waals surface area (Å²) < 4.78 is 39.6. The second-order valence-electron chi connectivity index (χ2n) is 8.32. The van der Waals surface area contributed by atoms with E-state index in [9.17, 15) is 18.3 Å². The molecule has 2 aliphatic rings. The van der Waals surface area contributed by atoms with E-state index in [1.165, 1.54) is 23.7 Å². The summed E-state index contributed by atoms with van der Waals surface area (Å²) >= 11 is 7.74. The van der Waals surface area contributed by atoms with Gasteiger partial charge in [0, 0.05) is 17.8 Å². The lowest BCUT2D eigenvalue weighted by molar-refractivity contribution is 0.0692. The lowest BCUT2D eigenvalue weighted by Crippen LogP contribution is -2.25. The van der Waals surface area contributed by atoms with Gasteiger partial charge in [-0.3, -0.25) is 4.72 Å². The second kappa shape index (κ2) is 8.62. The number of nitrogens with one attached hydrogen (secondary N) is 1. The molecule has 0 bridgehead atoms. The van der Waals surface area contributed by atoms with Gasteiger partial charge >= 0.3 is 5.97 Å². The highest BCUT2D eigenvalue weighted by molar-refractivity contribution is 7.92. The van der Waals surface area contributed by atoms with E-state index < -0.39 is 16.0 Å². The van der Waals surface area contributed by atoms with Gasteiger partial charge in [-0.05, 0) is 79.4 Å². The van der Waals surface area contributed by atoms with Crippen LogP contribution in [0.15, 0.2) is 47.5 Å². The van der Waals surface area contributed by atoms with Crippen molar-refractivity contribution in [1.82, 2.24) is 4.37 Å². The summed E-state index contributed by atoms with van der Waals surface area (Å²) in [7, 11) is -4.23. The lowest BCUT2D eigenvalue weighted by atomic mass is 9.96.